The molecule has 10 nitrogen and oxygen atoms in total. The lowest BCUT2D eigenvalue weighted by atomic mass is 10.1. The van der Waals surface area contributed by atoms with Crippen molar-refractivity contribution in [2.45, 2.75) is 6.92 Å². The van der Waals surface area contributed by atoms with Crippen LogP contribution in [0.4, 0.5) is 11.6 Å². The van der Waals surface area contributed by atoms with E-state index in [0.717, 1.165) is 6.07 Å². The number of benzene rings is 1. The molecule has 1 aromatic heterocycles. The minimum atomic E-state index is -0.792. The van der Waals surface area contributed by atoms with E-state index < -0.39 is 21.7 Å². The van der Waals surface area contributed by atoms with Crippen molar-refractivity contribution in [3.05, 3.63) is 73.1 Å². The van der Waals surface area contributed by atoms with E-state index in [1.807, 2.05) is 0 Å². The predicted octanol–water partition coefficient (Wildman–Crippen LogP) is 2.75. The molecule has 0 amide bonds. The van der Waals surface area contributed by atoms with Gasteiger partial charge in [0.15, 0.2) is 5.70 Å². The van der Waals surface area contributed by atoms with Crippen LogP contribution in [-0.2, 0) is 9.53 Å². The summed E-state index contributed by atoms with van der Waals surface area (Å²) in [6, 6.07) is 6.77. The van der Waals surface area contributed by atoms with Gasteiger partial charge in [-0.25, -0.2) is 9.79 Å². The molecular weight excluding hydrogens is 334 g/mol. The molecule has 126 valence electrons. The van der Waals surface area contributed by atoms with Crippen LogP contribution in [0.15, 0.2) is 45.4 Å². The minimum absolute atomic E-state index is 0.0550. The number of furan rings is 1. The van der Waals surface area contributed by atoms with Crippen molar-refractivity contribution in [3.8, 4) is 0 Å². The summed E-state index contributed by atoms with van der Waals surface area (Å²) in [5, 5.41) is 21.6. The maximum absolute atomic E-state index is 11.9. The van der Waals surface area contributed by atoms with Gasteiger partial charge < -0.3 is 9.15 Å². The number of aliphatic imine (C=N–C) groups is 1. The van der Waals surface area contributed by atoms with Crippen LogP contribution in [0.2, 0.25) is 0 Å². The van der Waals surface area contributed by atoms with Gasteiger partial charge in [0.25, 0.3) is 5.69 Å². The summed E-state index contributed by atoms with van der Waals surface area (Å²) in [6.07, 6.45) is 1.19. The largest absolute Gasteiger partial charge is 0.433 e. The molecule has 0 aliphatic carbocycles. The van der Waals surface area contributed by atoms with Crippen LogP contribution in [0.25, 0.3) is 6.08 Å². The number of cyclic esters (lactones) is 1. The van der Waals surface area contributed by atoms with Gasteiger partial charge in [0, 0.05) is 23.3 Å². The molecule has 1 aliphatic heterocycles. The summed E-state index contributed by atoms with van der Waals surface area (Å²) in [7, 11) is 0. The maximum atomic E-state index is 11.9. The molecule has 0 saturated heterocycles. The van der Waals surface area contributed by atoms with Crippen LogP contribution < -0.4 is 0 Å². The highest BCUT2D eigenvalue weighted by Crippen LogP contribution is 2.26. The summed E-state index contributed by atoms with van der Waals surface area (Å²) in [5.74, 6) is -1.30. The number of nitrogens with zero attached hydrogens (tertiary/aromatic N) is 3. The van der Waals surface area contributed by atoms with Crippen LogP contribution >= 0.6 is 0 Å². The summed E-state index contributed by atoms with van der Waals surface area (Å²) < 4.78 is 9.98. The average Bonchev–Trinajstić information content (AvgIpc) is 3.15. The van der Waals surface area contributed by atoms with Crippen molar-refractivity contribution in [1.29, 1.82) is 0 Å². The summed E-state index contributed by atoms with van der Waals surface area (Å²) in [6.45, 7) is 1.52. The highest BCUT2D eigenvalue weighted by molar-refractivity contribution is 6.13. The lowest BCUT2D eigenvalue weighted by molar-refractivity contribution is -0.402. The predicted molar refractivity (Wildman–Crippen MR) is 83.8 cm³/mol. The Balaban J connectivity index is 1.98. The second kappa shape index (κ2) is 6.00. The first kappa shape index (κ1) is 16.1. The molecule has 10 heteroatoms. The fourth-order valence-electron chi connectivity index (χ4n) is 2.23. The second-order valence-corrected chi connectivity index (χ2v) is 4.98. The van der Waals surface area contributed by atoms with Gasteiger partial charge in [-0.05, 0) is 19.1 Å². The standard InChI is InChI=1S/C15H9N3O7/c1-8-10(3-2-4-12(8)17(20)21)14-16-11(15(19)25-14)7-9-5-6-13(24-9)18(22)23/h2-7H,1H3/b11-7-. The van der Waals surface area contributed by atoms with E-state index in [4.69, 9.17) is 9.15 Å². The van der Waals surface area contributed by atoms with Gasteiger partial charge in [0.05, 0.1) is 11.0 Å². The molecule has 25 heavy (non-hydrogen) atoms. The van der Waals surface area contributed by atoms with E-state index in [0.29, 0.717) is 11.1 Å². The molecule has 0 spiro atoms. The highest BCUT2D eigenvalue weighted by Gasteiger charge is 2.28. The van der Waals surface area contributed by atoms with E-state index in [9.17, 15) is 25.0 Å². The smallest absolute Gasteiger partial charge is 0.402 e. The van der Waals surface area contributed by atoms with Crippen molar-refractivity contribution < 1.29 is 23.8 Å². The zero-order valence-corrected chi connectivity index (χ0v) is 12.7. The average molecular weight is 343 g/mol. The Labute approximate surface area is 139 Å². The number of nitro benzene ring substituents is 1. The molecule has 0 atom stereocenters. The first-order valence-corrected chi connectivity index (χ1v) is 6.88. The van der Waals surface area contributed by atoms with E-state index in [1.165, 1.54) is 37.3 Å². The van der Waals surface area contributed by atoms with Crippen LogP contribution in [0.5, 0.6) is 0 Å². The number of hydrogen-bond donors (Lipinski definition) is 0. The zero-order chi connectivity index (χ0) is 18.1. The molecule has 0 unspecified atom stereocenters. The number of carbonyl (C=O) groups excluding carboxylic acids is 1. The highest BCUT2D eigenvalue weighted by atomic mass is 16.6. The van der Waals surface area contributed by atoms with Crippen LogP contribution in [0, 0.1) is 27.2 Å². The Kier molecular flexibility index (Phi) is 3.85. The van der Waals surface area contributed by atoms with Crippen molar-refractivity contribution >= 4 is 29.5 Å². The van der Waals surface area contributed by atoms with Crippen LogP contribution in [0.3, 0.4) is 0 Å². The Bertz CT molecular complexity index is 971. The first-order valence-electron chi connectivity index (χ1n) is 6.88. The third-order valence-electron chi connectivity index (χ3n) is 3.42. The molecule has 0 bridgehead atoms. The van der Waals surface area contributed by atoms with Crippen molar-refractivity contribution in [3.63, 3.8) is 0 Å². The van der Waals surface area contributed by atoms with Crippen LogP contribution in [-0.4, -0.2) is 21.7 Å². The van der Waals surface area contributed by atoms with E-state index in [1.54, 1.807) is 0 Å². The third kappa shape index (κ3) is 3.00. The number of ether oxygens (including phenoxy) is 1. The van der Waals surface area contributed by atoms with Gasteiger partial charge in [-0.3, -0.25) is 20.2 Å². The van der Waals surface area contributed by atoms with Gasteiger partial charge in [0.1, 0.15) is 10.7 Å². The van der Waals surface area contributed by atoms with Gasteiger partial charge in [0.2, 0.25) is 5.90 Å². The van der Waals surface area contributed by atoms with Gasteiger partial charge in [-0.15, -0.1) is 0 Å². The molecule has 3 rings (SSSR count). The summed E-state index contributed by atoms with van der Waals surface area (Å²) >= 11 is 0. The molecule has 1 aliphatic rings. The Morgan fingerprint density at radius 3 is 2.52 bits per heavy atom. The van der Waals surface area contributed by atoms with Crippen molar-refractivity contribution in [2.24, 2.45) is 4.99 Å². The first-order chi connectivity index (χ1) is 11.9. The lowest BCUT2D eigenvalue weighted by Crippen LogP contribution is -2.08. The Hall–Kier alpha value is -3.82. The quantitative estimate of drug-likeness (QED) is 0.360. The van der Waals surface area contributed by atoms with Crippen molar-refractivity contribution in [2.75, 3.05) is 0 Å². The van der Waals surface area contributed by atoms with E-state index in [2.05, 4.69) is 4.99 Å². The van der Waals surface area contributed by atoms with Gasteiger partial charge in [-0.2, -0.15) is 0 Å². The van der Waals surface area contributed by atoms with Crippen molar-refractivity contribution in [1.82, 2.24) is 0 Å². The number of carbonyl (C=O) groups is 1. The number of nitro groups is 2. The minimum Gasteiger partial charge on any atom is -0.402 e. The molecule has 2 heterocycles. The lowest BCUT2D eigenvalue weighted by Gasteiger charge is -2.04. The summed E-state index contributed by atoms with van der Waals surface area (Å²) in [4.78, 5) is 36.3. The zero-order valence-electron chi connectivity index (χ0n) is 12.7. The molecular formula is C15H9N3O7. The Morgan fingerprint density at radius 1 is 1.12 bits per heavy atom. The number of esters is 1. The monoisotopic (exact) mass is 343 g/mol. The molecule has 0 N–H and O–H groups in total. The van der Waals surface area contributed by atoms with E-state index >= 15 is 0 Å². The topological polar surface area (TPSA) is 138 Å². The third-order valence-corrected chi connectivity index (χ3v) is 3.42. The summed E-state index contributed by atoms with van der Waals surface area (Å²) in [5.41, 5.74) is 0.339. The fraction of sp³-hybridized carbons (Fsp3) is 0.0667. The van der Waals surface area contributed by atoms with Gasteiger partial charge >= 0.3 is 11.9 Å². The van der Waals surface area contributed by atoms with Crippen LogP contribution in [0.1, 0.15) is 16.9 Å². The molecule has 1 aromatic carbocycles. The maximum Gasteiger partial charge on any atom is 0.433 e. The van der Waals surface area contributed by atoms with E-state index in [-0.39, 0.29) is 23.0 Å². The van der Waals surface area contributed by atoms with Gasteiger partial charge in [-0.1, -0.05) is 6.07 Å². The number of rotatable bonds is 4. The molecule has 0 fully saturated rings. The molecule has 0 radical (unpaired) electrons. The fourth-order valence-corrected chi connectivity index (χ4v) is 2.23. The SMILES string of the molecule is Cc1c(C2=N/C(=C\c3ccc([N+](=O)[O-])o3)C(=O)O2)cccc1[N+](=O)[O-]. The Morgan fingerprint density at radius 2 is 1.88 bits per heavy atom. The molecule has 2 aromatic rings. The second-order valence-electron chi connectivity index (χ2n) is 4.98. The molecule has 0 saturated carbocycles. The normalized spacial score (nSPS) is 15.2. The number of hydrogen-bond acceptors (Lipinski definition) is 8.